The summed E-state index contributed by atoms with van der Waals surface area (Å²) < 4.78 is 0. The number of nitrogens with zero attached hydrogens (tertiary/aromatic N) is 3. The number of rotatable bonds is 8. The number of imide groups is 1. The van der Waals surface area contributed by atoms with E-state index in [4.69, 9.17) is 4.84 Å². The molecule has 0 saturated carbocycles. The molecule has 0 N–H and O–H groups in total. The van der Waals surface area contributed by atoms with Crippen LogP contribution in [0.5, 0.6) is 0 Å². The first-order valence-electron chi connectivity index (χ1n) is 14.8. The van der Waals surface area contributed by atoms with Crippen LogP contribution in [0.3, 0.4) is 0 Å². The number of allylic oxidation sites excluding steroid dienone is 3. The minimum Gasteiger partial charge on any atom is -0.364 e. The summed E-state index contributed by atoms with van der Waals surface area (Å²) in [6.45, 7) is 14.0. The van der Waals surface area contributed by atoms with Gasteiger partial charge in [-0.3, -0.25) is 9.59 Å². The smallest absolute Gasteiger partial charge is 0.355 e. The van der Waals surface area contributed by atoms with E-state index >= 15 is 0 Å². The summed E-state index contributed by atoms with van der Waals surface area (Å²) in [6, 6.07) is 16.2. The summed E-state index contributed by atoms with van der Waals surface area (Å²) in [5.74, 6) is -1.54. The molecule has 1 saturated heterocycles. The molecular formula is C34H41N3O4. The quantitative estimate of drug-likeness (QED) is 0.362. The first kappa shape index (κ1) is 28.7. The fourth-order valence-corrected chi connectivity index (χ4v) is 6.77. The van der Waals surface area contributed by atoms with Gasteiger partial charge in [0, 0.05) is 47.3 Å². The van der Waals surface area contributed by atoms with Crippen LogP contribution in [0.1, 0.15) is 78.4 Å². The van der Waals surface area contributed by atoms with Gasteiger partial charge in [0.15, 0.2) is 0 Å². The Kier molecular flexibility index (Phi) is 7.58. The summed E-state index contributed by atoms with van der Waals surface area (Å²) in [5, 5.41) is 0.653. The predicted octanol–water partition coefficient (Wildman–Crippen LogP) is 6.19. The lowest BCUT2D eigenvalue weighted by Crippen LogP contribution is -2.45. The third kappa shape index (κ3) is 4.75. The van der Waals surface area contributed by atoms with Gasteiger partial charge in [-0.15, -0.1) is 5.06 Å². The lowest BCUT2D eigenvalue weighted by atomic mass is 9.80. The SMILES string of the molecule is CCCC(C(=O)ON1C(=O)CCC1=O)N1/C(=C/C=C/C2N(CC)c3ccccc3C2(C)C)C(C)(C)c2ccccc21. The number of carbonyl (C=O) groups is 3. The molecular weight excluding hydrogens is 514 g/mol. The summed E-state index contributed by atoms with van der Waals surface area (Å²) >= 11 is 0. The summed E-state index contributed by atoms with van der Waals surface area (Å²) in [4.78, 5) is 48.1. The second-order valence-corrected chi connectivity index (χ2v) is 12.2. The Bertz CT molecular complexity index is 1410. The average molecular weight is 556 g/mol. The predicted molar refractivity (Wildman–Crippen MR) is 161 cm³/mol. The lowest BCUT2D eigenvalue weighted by molar-refractivity contribution is -0.198. The number of carbonyl (C=O) groups excluding carboxylic acids is 3. The van der Waals surface area contributed by atoms with Crippen molar-refractivity contribution in [2.24, 2.45) is 0 Å². The van der Waals surface area contributed by atoms with Crippen molar-refractivity contribution in [2.75, 3.05) is 16.3 Å². The van der Waals surface area contributed by atoms with Gasteiger partial charge in [0.05, 0.1) is 6.04 Å². The normalized spacial score (nSPS) is 22.5. The highest BCUT2D eigenvalue weighted by Crippen LogP contribution is 2.50. The van der Waals surface area contributed by atoms with E-state index in [0.717, 1.165) is 29.9 Å². The van der Waals surface area contributed by atoms with Gasteiger partial charge >= 0.3 is 5.97 Å². The molecule has 0 spiro atoms. The zero-order valence-corrected chi connectivity index (χ0v) is 25.0. The Morgan fingerprint density at radius 2 is 1.56 bits per heavy atom. The van der Waals surface area contributed by atoms with Crippen LogP contribution in [-0.4, -0.2) is 41.5 Å². The number of hydrogen-bond acceptors (Lipinski definition) is 6. The fraction of sp³-hybridized carbons (Fsp3) is 0.441. The van der Waals surface area contributed by atoms with Gasteiger partial charge in [0.25, 0.3) is 11.8 Å². The zero-order valence-electron chi connectivity index (χ0n) is 25.0. The van der Waals surface area contributed by atoms with Gasteiger partial charge in [0.1, 0.15) is 6.04 Å². The first-order valence-corrected chi connectivity index (χ1v) is 14.8. The Morgan fingerprint density at radius 3 is 2.20 bits per heavy atom. The number of anilines is 2. The van der Waals surface area contributed by atoms with E-state index in [0.29, 0.717) is 11.5 Å². The van der Waals surface area contributed by atoms with Gasteiger partial charge < -0.3 is 14.6 Å². The lowest BCUT2D eigenvalue weighted by Gasteiger charge is -2.33. The van der Waals surface area contributed by atoms with Crippen LogP contribution in [0.25, 0.3) is 0 Å². The average Bonchev–Trinajstić information content (AvgIpc) is 3.47. The maximum atomic E-state index is 13.6. The van der Waals surface area contributed by atoms with Gasteiger partial charge in [-0.2, -0.15) is 0 Å². The van der Waals surface area contributed by atoms with Crippen LogP contribution in [0.4, 0.5) is 11.4 Å². The van der Waals surface area contributed by atoms with Gasteiger partial charge in [-0.05, 0) is 42.7 Å². The molecule has 41 heavy (non-hydrogen) atoms. The van der Waals surface area contributed by atoms with E-state index in [1.54, 1.807) is 0 Å². The molecule has 5 rings (SSSR count). The van der Waals surface area contributed by atoms with E-state index in [1.807, 2.05) is 25.1 Å². The highest BCUT2D eigenvalue weighted by atomic mass is 16.7. The molecule has 0 aromatic heterocycles. The molecule has 3 aliphatic rings. The zero-order chi connectivity index (χ0) is 29.5. The Morgan fingerprint density at radius 1 is 0.951 bits per heavy atom. The number of hydroxylamine groups is 2. The molecule has 2 aromatic carbocycles. The largest absolute Gasteiger partial charge is 0.364 e. The highest BCUT2D eigenvalue weighted by molar-refractivity contribution is 6.02. The van der Waals surface area contributed by atoms with Crippen molar-refractivity contribution in [3.63, 3.8) is 0 Å². The Labute approximate surface area is 243 Å². The van der Waals surface area contributed by atoms with Crippen molar-refractivity contribution in [2.45, 2.75) is 90.1 Å². The molecule has 0 radical (unpaired) electrons. The fourth-order valence-electron chi connectivity index (χ4n) is 6.77. The van der Waals surface area contributed by atoms with Gasteiger partial charge in [-0.1, -0.05) is 89.6 Å². The molecule has 3 heterocycles. The van der Waals surface area contributed by atoms with E-state index in [1.165, 1.54) is 11.3 Å². The van der Waals surface area contributed by atoms with Crippen LogP contribution in [0.2, 0.25) is 0 Å². The van der Waals surface area contributed by atoms with Crippen molar-refractivity contribution >= 4 is 29.2 Å². The number of benzene rings is 2. The van der Waals surface area contributed by atoms with Crippen LogP contribution in [0.15, 0.2) is 72.5 Å². The molecule has 3 aliphatic heterocycles. The number of fused-ring (bicyclic) bond motifs is 2. The minimum atomic E-state index is -0.692. The van der Waals surface area contributed by atoms with Crippen LogP contribution < -0.4 is 9.80 Å². The number of amides is 2. The summed E-state index contributed by atoms with van der Waals surface area (Å²) in [7, 11) is 0. The van der Waals surface area contributed by atoms with Crippen molar-refractivity contribution < 1.29 is 19.2 Å². The summed E-state index contributed by atoms with van der Waals surface area (Å²) in [6.07, 6.45) is 7.88. The summed E-state index contributed by atoms with van der Waals surface area (Å²) in [5.41, 5.74) is 5.19. The van der Waals surface area contributed by atoms with Crippen molar-refractivity contribution in [1.82, 2.24) is 5.06 Å². The molecule has 7 nitrogen and oxygen atoms in total. The van der Waals surface area contributed by atoms with E-state index in [9.17, 15) is 14.4 Å². The second-order valence-electron chi connectivity index (χ2n) is 12.2. The van der Waals surface area contributed by atoms with Crippen LogP contribution in [0, 0.1) is 0 Å². The van der Waals surface area contributed by atoms with Crippen molar-refractivity contribution in [3.8, 4) is 0 Å². The minimum absolute atomic E-state index is 0.0657. The molecule has 2 unspecified atom stereocenters. The number of hydrogen-bond donors (Lipinski definition) is 0. The van der Waals surface area contributed by atoms with E-state index in [2.05, 4.69) is 93.0 Å². The highest BCUT2D eigenvalue weighted by Gasteiger charge is 2.46. The number of likely N-dealkylation sites (N-methyl/N-ethyl adjacent to an activating group) is 1. The maximum Gasteiger partial charge on any atom is 0.355 e. The molecule has 0 bridgehead atoms. The third-order valence-corrected chi connectivity index (χ3v) is 8.94. The molecule has 2 amide bonds. The molecule has 1 fully saturated rings. The molecule has 2 atom stereocenters. The van der Waals surface area contributed by atoms with Gasteiger partial charge in [0.2, 0.25) is 0 Å². The second kappa shape index (κ2) is 10.8. The monoisotopic (exact) mass is 555 g/mol. The topological polar surface area (TPSA) is 70.2 Å². The first-order chi connectivity index (χ1) is 19.5. The van der Waals surface area contributed by atoms with E-state index < -0.39 is 23.8 Å². The van der Waals surface area contributed by atoms with Gasteiger partial charge in [-0.25, -0.2) is 4.79 Å². The standard InChI is InChI=1S/C34H41N3O4/c1-7-14-27(32(40)41-37-30(38)21-22-31(37)39)36-26-18-12-10-16-24(26)34(5,6)29(36)20-13-19-28-33(3,4)23-15-9-11-17-25(23)35(28)8-2/h9-13,15-20,27-28H,7-8,14,21-22H2,1-6H3/b19-13+,29-20+. The van der Waals surface area contributed by atoms with Crippen molar-refractivity contribution in [1.29, 1.82) is 0 Å². The number of para-hydroxylation sites is 2. The molecule has 2 aromatic rings. The molecule has 0 aliphatic carbocycles. The molecule has 216 valence electrons. The third-order valence-electron chi connectivity index (χ3n) is 8.94. The van der Waals surface area contributed by atoms with Crippen LogP contribution >= 0.6 is 0 Å². The Balaban J connectivity index is 1.53. The molecule has 7 heteroatoms. The van der Waals surface area contributed by atoms with E-state index in [-0.39, 0.29) is 29.7 Å². The van der Waals surface area contributed by atoms with Crippen molar-refractivity contribution in [3.05, 3.63) is 83.6 Å². The maximum absolute atomic E-state index is 13.6. The van der Waals surface area contributed by atoms with Crippen LogP contribution in [-0.2, 0) is 30.1 Å². The Hall–Kier alpha value is -3.87.